The Labute approximate surface area is 422 Å². The molecule has 0 N–H and O–H groups in total. The van der Waals surface area contributed by atoms with Crippen molar-refractivity contribution in [2.75, 3.05) is 19.8 Å². The van der Waals surface area contributed by atoms with Crippen molar-refractivity contribution >= 4 is 11.9 Å². The van der Waals surface area contributed by atoms with Gasteiger partial charge in [0.1, 0.15) is 6.61 Å². The number of allylic oxidation sites excluding steroid dienone is 16. The van der Waals surface area contributed by atoms with E-state index < -0.39 is 6.10 Å². The maximum Gasteiger partial charge on any atom is 0.306 e. The first kappa shape index (κ1) is 64.8. The van der Waals surface area contributed by atoms with Crippen LogP contribution >= 0.6 is 0 Å². The van der Waals surface area contributed by atoms with Gasteiger partial charge in [0, 0.05) is 19.4 Å². The quantitative estimate of drug-likeness (QED) is 0.0345. The summed E-state index contributed by atoms with van der Waals surface area (Å²) in [5.74, 6) is -0.426. The van der Waals surface area contributed by atoms with Crippen LogP contribution in [0, 0.1) is 0 Å². The van der Waals surface area contributed by atoms with E-state index in [4.69, 9.17) is 14.2 Å². The van der Waals surface area contributed by atoms with Crippen LogP contribution in [-0.2, 0) is 23.8 Å². The van der Waals surface area contributed by atoms with E-state index in [1.807, 2.05) is 0 Å². The first-order valence-electron chi connectivity index (χ1n) is 28.8. The topological polar surface area (TPSA) is 61.8 Å². The highest BCUT2D eigenvalue weighted by Gasteiger charge is 2.17. The normalized spacial score (nSPS) is 12.9. The maximum absolute atomic E-state index is 12.8. The molecule has 0 spiro atoms. The third-order valence-electron chi connectivity index (χ3n) is 12.1. The van der Waals surface area contributed by atoms with Gasteiger partial charge in [0.05, 0.1) is 6.61 Å². The van der Waals surface area contributed by atoms with Gasteiger partial charge in [-0.25, -0.2) is 0 Å². The number of rotatable bonds is 52. The number of carbonyl (C=O) groups is 2. The molecule has 0 aromatic rings. The summed E-state index contributed by atoms with van der Waals surface area (Å²) in [6.07, 6.45) is 78.5. The van der Waals surface area contributed by atoms with E-state index in [9.17, 15) is 9.59 Å². The van der Waals surface area contributed by atoms with Crippen molar-refractivity contribution in [3.8, 4) is 0 Å². The fourth-order valence-electron chi connectivity index (χ4n) is 7.80. The molecule has 0 aliphatic carbocycles. The van der Waals surface area contributed by atoms with Crippen LogP contribution in [0.3, 0.4) is 0 Å². The Morgan fingerprint density at radius 3 is 1.10 bits per heavy atom. The van der Waals surface area contributed by atoms with E-state index in [-0.39, 0.29) is 25.2 Å². The largest absolute Gasteiger partial charge is 0.462 e. The standard InChI is InChI=1S/C63H108O5/c1-4-7-10-13-16-19-22-25-27-29-31-33-35-37-40-43-46-49-52-55-58-66-59-61(68-63(65)57-54-51-48-45-42-38-24-21-18-15-12-9-6-3)60-67-62(64)56-53-50-47-44-41-39-36-34-32-30-28-26-23-20-17-14-11-8-5-2/h7,10,16-17,19-21,24-28,31-34,61H,4-6,8-9,11-15,18,22-23,29-30,35-60H2,1-3H3/b10-7-,19-16-,20-17-,24-21-,27-25-,28-26-,33-31-,34-32-. The zero-order valence-corrected chi connectivity index (χ0v) is 44.8. The fourth-order valence-corrected chi connectivity index (χ4v) is 7.80. The second-order valence-corrected chi connectivity index (χ2v) is 18.8. The zero-order valence-electron chi connectivity index (χ0n) is 44.8. The third kappa shape index (κ3) is 55.4. The molecule has 0 saturated carbocycles. The summed E-state index contributed by atoms with van der Waals surface area (Å²) < 4.78 is 17.5. The second kappa shape index (κ2) is 58.1. The van der Waals surface area contributed by atoms with E-state index in [0.717, 1.165) is 103 Å². The summed E-state index contributed by atoms with van der Waals surface area (Å²) in [5, 5.41) is 0. The van der Waals surface area contributed by atoms with E-state index in [2.05, 4.69) is 118 Å². The minimum absolute atomic E-state index is 0.0666. The van der Waals surface area contributed by atoms with Gasteiger partial charge in [-0.3, -0.25) is 9.59 Å². The Bertz CT molecular complexity index is 1300. The average molecular weight is 946 g/mol. The van der Waals surface area contributed by atoms with E-state index in [1.165, 1.54) is 128 Å². The molecule has 5 nitrogen and oxygen atoms in total. The van der Waals surface area contributed by atoms with Crippen molar-refractivity contribution < 1.29 is 23.8 Å². The third-order valence-corrected chi connectivity index (χ3v) is 12.1. The molecule has 0 heterocycles. The number of ether oxygens (including phenoxy) is 3. The maximum atomic E-state index is 12.8. The molecule has 390 valence electrons. The van der Waals surface area contributed by atoms with Gasteiger partial charge in [-0.15, -0.1) is 0 Å². The average Bonchev–Trinajstić information content (AvgIpc) is 3.34. The van der Waals surface area contributed by atoms with Crippen molar-refractivity contribution in [3.63, 3.8) is 0 Å². The molecule has 0 aliphatic rings. The Kier molecular flexibility index (Phi) is 55.4. The van der Waals surface area contributed by atoms with Gasteiger partial charge >= 0.3 is 11.9 Å². The molecular weight excluding hydrogens is 837 g/mol. The van der Waals surface area contributed by atoms with Gasteiger partial charge < -0.3 is 14.2 Å². The Balaban J connectivity index is 4.31. The lowest BCUT2D eigenvalue weighted by Crippen LogP contribution is -2.30. The van der Waals surface area contributed by atoms with Crippen LogP contribution in [0.2, 0.25) is 0 Å². The minimum Gasteiger partial charge on any atom is -0.462 e. The van der Waals surface area contributed by atoms with E-state index >= 15 is 0 Å². The van der Waals surface area contributed by atoms with E-state index in [1.54, 1.807) is 0 Å². The number of hydrogen-bond donors (Lipinski definition) is 0. The Morgan fingerprint density at radius 2 is 0.662 bits per heavy atom. The van der Waals surface area contributed by atoms with Gasteiger partial charge in [0.2, 0.25) is 0 Å². The van der Waals surface area contributed by atoms with Crippen molar-refractivity contribution in [1.82, 2.24) is 0 Å². The van der Waals surface area contributed by atoms with Crippen molar-refractivity contribution in [2.45, 2.75) is 271 Å². The van der Waals surface area contributed by atoms with Gasteiger partial charge in [0.15, 0.2) is 6.10 Å². The SMILES string of the molecule is CC/C=C\C/C=C\C/C=C\C/C=C\CCCCCCCCCOCC(COC(=O)CCCCCCCC/C=C\C/C=C\C/C=C\CCCCC)OC(=O)CCCCCCC/C=C\CCCCCC. The first-order valence-corrected chi connectivity index (χ1v) is 28.8. The summed E-state index contributed by atoms with van der Waals surface area (Å²) in [5.41, 5.74) is 0. The Hall–Kier alpha value is -3.18. The van der Waals surface area contributed by atoms with Gasteiger partial charge in [-0.2, -0.15) is 0 Å². The smallest absolute Gasteiger partial charge is 0.306 e. The molecule has 1 atom stereocenters. The lowest BCUT2D eigenvalue weighted by molar-refractivity contribution is -0.163. The molecule has 0 saturated heterocycles. The number of hydrogen-bond acceptors (Lipinski definition) is 5. The summed E-state index contributed by atoms with van der Waals surface area (Å²) in [4.78, 5) is 25.5. The highest BCUT2D eigenvalue weighted by molar-refractivity contribution is 5.70. The summed E-state index contributed by atoms with van der Waals surface area (Å²) >= 11 is 0. The van der Waals surface area contributed by atoms with Crippen molar-refractivity contribution in [2.24, 2.45) is 0 Å². The van der Waals surface area contributed by atoms with Crippen LogP contribution in [0.25, 0.3) is 0 Å². The molecule has 0 bridgehead atoms. The van der Waals surface area contributed by atoms with Crippen molar-refractivity contribution in [1.29, 1.82) is 0 Å². The molecule has 5 heteroatoms. The second-order valence-electron chi connectivity index (χ2n) is 18.8. The van der Waals surface area contributed by atoms with Gasteiger partial charge in [0.25, 0.3) is 0 Å². The molecule has 0 aromatic carbocycles. The molecule has 0 amide bonds. The van der Waals surface area contributed by atoms with Crippen LogP contribution in [0.4, 0.5) is 0 Å². The molecule has 0 fully saturated rings. The molecule has 0 rings (SSSR count). The lowest BCUT2D eigenvalue weighted by Gasteiger charge is -2.18. The predicted molar refractivity (Wildman–Crippen MR) is 297 cm³/mol. The summed E-state index contributed by atoms with van der Waals surface area (Å²) in [6.45, 7) is 7.64. The van der Waals surface area contributed by atoms with Crippen LogP contribution in [0.5, 0.6) is 0 Å². The minimum atomic E-state index is -0.558. The molecule has 0 aromatic heterocycles. The van der Waals surface area contributed by atoms with Gasteiger partial charge in [-0.05, 0) is 122 Å². The van der Waals surface area contributed by atoms with Crippen LogP contribution in [-0.4, -0.2) is 37.9 Å². The summed E-state index contributed by atoms with van der Waals surface area (Å²) in [7, 11) is 0. The van der Waals surface area contributed by atoms with Crippen molar-refractivity contribution in [3.05, 3.63) is 97.2 Å². The predicted octanol–water partition coefficient (Wildman–Crippen LogP) is 19.8. The number of unbranched alkanes of at least 4 members (excludes halogenated alkanes) is 25. The van der Waals surface area contributed by atoms with Crippen LogP contribution in [0.1, 0.15) is 265 Å². The molecular formula is C63H108O5. The molecule has 68 heavy (non-hydrogen) atoms. The Morgan fingerprint density at radius 1 is 0.338 bits per heavy atom. The number of carbonyl (C=O) groups excluding carboxylic acids is 2. The van der Waals surface area contributed by atoms with E-state index in [0.29, 0.717) is 19.4 Å². The molecule has 0 radical (unpaired) electrons. The molecule has 0 aliphatic heterocycles. The summed E-state index contributed by atoms with van der Waals surface area (Å²) in [6, 6.07) is 0. The van der Waals surface area contributed by atoms with Crippen LogP contribution < -0.4 is 0 Å². The lowest BCUT2D eigenvalue weighted by atomic mass is 10.1. The van der Waals surface area contributed by atoms with Gasteiger partial charge in [-0.1, -0.05) is 227 Å². The number of esters is 2. The highest BCUT2D eigenvalue weighted by Crippen LogP contribution is 2.14. The fraction of sp³-hybridized carbons (Fsp3) is 0.714. The van der Waals surface area contributed by atoms with Crippen LogP contribution in [0.15, 0.2) is 97.2 Å². The zero-order chi connectivity index (χ0) is 49.2. The first-order chi connectivity index (χ1) is 33.6. The monoisotopic (exact) mass is 945 g/mol. The molecule has 1 unspecified atom stereocenters. The highest BCUT2D eigenvalue weighted by atomic mass is 16.6.